The molecule has 0 aliphatic carbocycles. The zero-order valence-electron chi connectivity index (χ0n) is 9.93. The molecule has 1 N–H and O–H groups in total. The molecule has 1 aliphatic heterocycles. The van der Waals surface area contributed by atoms with Gasteiger partial charge in [-0.15, -0.1) is 0 Å². The van der Waals surface area contributed by atoms with E-state index in [0.29, 0.717) is 30.6 Å². The maximum absolute atomic E-state index is 10.5. The molecular formula is C11H11N5O3. The Balaban J connectivity index is 1.66. The maximum Gasteiger partial charge on any atom is 0.317 e. The number of nitrogens with zero attached hydrogens (tertiary/aromatic N) is 5. The summed E-state index contributed by atoms with van der Waals surface area (Å²) in [6.07, 6.45) is 3.21. The minimum atomic E-state index is -0.831. The van der Waals surface area contributed by atoms with Gasteiger partial charge in [0, 0.05) is 25.5 Å². The zero-order valence-corrected chi connectivity index (χ0v) is 9.93. The average molecular weight is 261 g/mol. The van der Waals surface area contributed by atoms with Gasteiger partial charge in [0.15, 0.2) is 0 Å². The summed E-state index contributed by atoms with van der Waals surface area (Å²) in [6.45, 7) is 1.27. The summed E-state index contributed by atoms with van der Waals surface area (Å²) in [5, 5.41) is 12.5. The minimum absolute atomic E-state index is 0.0410. The highest BCUT2D eigenvalue weighted by molar-refractivity contribution is 5.69. The highest BCUT2D eigenvalue weighted by Gasteiger charge is 2.33. The van der Waals surface area contributed by atoms with Gasteiger partial charge in [-0.25, -0.2) is 9.97 Å². The molecule has 8 heteroatoms. The molecule has 98 valence electrons. The quantitative estimate of drug-likeness (QED) is 0.820. The molecule has 0 unspecified atom stereocenters. The molecule has 1 aliphatic rings. The van der Waals surface area contributed by atoms with Crippen LogP contribution in [-0.4, -0.2) is 55.7 Å². The summed E-state index contributed by atoms with van der Waals surface area (Å²) >= 11 is 0. The van der Waals surface area contributed by atoms with Crippen LogP contribution in [0, 0.1) is 0 Å². The Bertz CT molecular complexity index is 579. The fourth-order valence-corrected chi connectivity index (χ4v) is 1.95. The summed E-state index contributed by atoms with van der Waals surface area (Å²) < 4.78 is 5.16. The molecule has 2 aromatic rings. The van der Waals surface area contributed by atoms with Crippen molar-refractivity contribution in [1.82, 2.24) is 25.0 Å². The van der Waals surface area contributed by atoms with E-state index in [1.165, 1.54) is 0 Å². The molecule has 0 radical (unpaired) electrons. The molecular weight excluding hydrogens is 250 g/mol. The van der Waals surface area contributed by atoms with Crippen LogP contribution in [0.2, 0.25) is 0 Å². The Morgan fingerprint density at radius 2 is 2.11 bits per heavy atom. The standard InChI is InChI=1S/C11H11N5O3/c17-8(18)6-16-4-7(5-16)11-14-10(15-19-11)9-12-2-1-3-13-9/h1-3,7H,4-6H2,(H,17,18). The number of hydrogen-bond acceptors (Lipinski definition) is 7. The van der Waals surface area contributed by atoms with E-state index in [9.17, 15) is 4.79 Å². The normalized spacial score (nSPS) is 16.2. The molecule has 0 atom stereocenters. The van der Waals surface area contributed by atoms with E-state index in [1.54, 1.807) is 23.4 Å². The molecule has 3 rings (SSSR count). The van der Waals surface area contributed by atoms with E-state index in [-0.39, 0.29) is 12.5 Å². The predicted octanol–water partition coefficient (Wildman–Crippen LogP) is 0.0104. The lowest BCUT2D eigenvalue weighted by atomic mass is 10.0. The first-order valence-corrected chi connectivity index (χ1v) is 5.77. The summed E-state index contributed by atoms with van der Waals surface area (Å²) in [5.41, 5.74) is 0. The Kier molecular flexibility index (Phi) is 2.92. The molecule has 1 saturated heterocycles. The molecule has 0 amide bonds. The van der Waals surface area contributed by atoms with Crippen LogP contribution in [0.15, 0.2) is 23.0 Å². The van der Waals surface area contributed by atoms with Crippen molar-refractivity contribution >= 4 is 5.97 Å². The van der Waals surface area contributed by atoms with E-state index >= 15 is 0 Å². The van der Waals surface area contributed by atoms with E-state index < -0.39 is 5.97 Å². The van der Waals surface area contributed by atoms with Gasteiger partial charge in [-0.2, -0.15) is 4.98 Å². The first-order valence-electron chi connectivity index (χ1n) is 5.77. The smallest absolute Gasteiger partial charge is 0.317 e. The Morgan fingerprint density at radius 3 is 2.79 bits per heavy atom. The molecule has 8 nitrogen and oxygen atoms in total. The second-order valence-electron chi connectivity index (χ2n) is 4.31. The lowest BCUT2D eigenvalue weighted by molar-refractivity contribution is -0.139. The van der Waals surface area contributed by atoms with Crippen molar-refractivity contribution in [3.8, 4) is 11.6 Å². The second-order valence-corrected chi connectivity index (χ2v) is 4.31. The largest absolute Gasteiger partial charge is 0.480 e. The molecule has 2 aromatic heterocycles. The number of likely N-dealkylation sites (tertiary alicyclic amines) is 1. The van der Waals surface area contributed by atoms with Gasteiger partial charge < -0.3 is 9.63 Å². The monoisotopic (exact) mass is 261 g/mol. The Labute approximate surface area is 108 Å². The van der Waals surface area contributed by atoms with Gasteiger partial charge >= 0.3 is 5.97 Å². The SMILES string of the molecule is O=C(O)CN1CC(c2nc(-c3ncccn3)no2)C1. The molecule has 0 spiro atoms. The van der Waals surface area contributed by atoms with Crippen molar-refractivity contribution in [2.75, 3.05) is 19.6 Å². The number of aromatic nitrogens is 4. The third-order valence-electron chi connectivity index (χ3n) is 2.87. The van der Waals surface area contributed by atoms with Gasteiger partial charge in [-0.3, -0.25) is 9.69 Å². The third-order valence-corrected chi connectivity index (χ3v) is 2.87. The summed E-state index contributed by atoms with van der Waals surface area (Å²) in [4.78, 5) is 24.6. The fraction of sp³-hybridized carbons (Fsp3) is 0.364. The molecule has 3 heterocycles. The Hall–Kier alpha value is -2.35. The molecule has 0 bridgehead atoms. The molecule has 0 saturated carbocycles. The van der Waals surface area contributed by atoms with Crippen LogP contribution in [0.3, 0.4) is 0 Å². The van der Waals surface area contributed by atoms with E-state index in [4.69, 9.17) is 9.63 Å². The minimum Gasteiger partial charge on any atom is -0.480 e. The highest BCUT2D eigenvalue weighted by Crippen LogP contribution is 2.26. The number of carbonyl (C=O) groups is 1. The summed E-state index contributed by atoms with van der Waals surface area (Å²) in [6, 6.07) is 1.71. The van der Waals surface area contributed by atoms with Gasteiger partial charge in [0.05, 0.1) is 12.5 Å². The number of carboxylic acid groups (broad SMARTS) is 1. The Morgan fingerprint density at radius 1 is 1.37 bits per heavy atom. The second kappa shape index (κ2) is 4.73. The number of aliphatic carboxylic acids is 1. The molecule has 1 fully saturated rings. The first kappa shape index (κ1) is 11.7. The summed E-state index contributed by atoms with van der Waals surface area (Å²) in [5.74, 6) is 0.530. The van der Waals surface area contributed by atoms with Crippen molar-refractivity contribution in [3.63, 3.8) is 0 Å². The van der Waals surface area contributed by atoms with Crippen LogP contribution < -0.4 is 0 Å². The number of carboxylic acids is 1. The van der Waals surface area contributed by atoms with Crippen molar-refractivity contribution in [3.05, 3.63) is 24.4 Å². The molecule has 0 aromatic carbocycles. The van der Waals surface area contributed by atoms with Crippen LogP contribution in [0.5, 0.6) is 0 Å². The predicted molar refractivity (Wildman–Crippen MR) is 62.1 cm³/mol. The lowest BCUT2D eigenvalue weighted by Crippen LogP contribution is -2.47. The van der Waals surface area contributed by atoms with Gasteiger partial charge in [-0.05, 0) is 6.07 Å². The fourth-order valence-electron chi connectivity index (χ4n) is 1.95. The van der Waals surface area contributed by atoms with Gasteiger partial charge in [0.25, 0.3) is 0 Å². The van der Waals surface area contributed by atoms with Crippen LogP contribution in [0.1, 0.15) is 11.8 Å². The molecule has 19 heavy (non-hydrogen) atoms. The average Bonchev–Trinajstić information content (AvgIpc) is 2.83. The van der Waals surface area contributed by atoms with Crippen molar-refractivity contribution in [2.45, 2.75) is 5.92 Å². The number of rotatable bonds is 4. The maximum atomic E-state index is 10.5. The van der Waals surface area contributed by atoms with Crippen LogP contribution in [0.4, 0.5) is 0 Å². The van der Waals surface area contributed by atoms with Crippen molar-refractivity contribution in [2.24, 2.45) is 0 Å². The van der Waals surface area contributed by atoms with Gasteiger partial charge in [0.2, 0.25) is 17.5 Å². The topological polar surface area (TPSA) is 105 Å². The van der Waals surface area contributed by atoms with Crippen LogP contribution >= 0.6 is 0 Å². The van der Waals surface area contributed by atoms with Gasteiger partial charge in [0.1, 0.15) is 0 Å². The zero-order chi connectivity index (χ0) is 13.2. The van der Waals surface area contributed by atoms with E-state index in [1.807, 2.05) is 0 Å². The van der Waals surface area contributed by atoms with Crippen LogP contribution in [-0.2, 0) is 4.79 Å². The lowest BCUT2D eigenvalue weighted by Gasteiger charge is -2.35. The van der Waals surface area contributed by atoms with Crippen molar-refractivity contribution in [1.29, 1.82) is 0 Å². The van der Waals surface area contributed by atoms with E-state index in [2.05, 4.69) is 20.1 Å². The van der Waals surface area contributed by atoms with Gasteiger partial charge in [-0.1, -0.05) is 5.16 Å². The summed E-state index contributed by atoms with van der Waals surface area (Å²) in [7, 11) is 0. The first-order chi connectivity index (χ1) is 9.22. The van der Waals surface area contributed by atoms with Crippen molar-refractivity contribution < 1.29 is 14.4 Å². The third kappa shape index (κ3) is 2.43. The highest BCUT2D eigenvalue weighted by atomic mass is 16.5. The van der Waals surface area contributed by atoms with E-state index in [0.717, 1.165) is 0 Å². The van der Waals surface area contributed by atoms with Crippen LogP contribution in [0.25, 0.3) is 11.6 Å². The number of hydrogen-bond donors (Lipinski definition) is 1.